The Morgan fingerprint density at radius 2 is 0.774 bits per heavy atom. The lowest BCUT2D eigenvalue weighted by Gasteiger charge is -2.25. The number of rotatable bonds is 4. The van der Waals surface area contributed by atoms with E-state index in [0.29, 0.717) is 33.8 Å². The lowest BCUT2D eigenvalue weighted by molar-refractivity contribution is 0.668. The zero-order chi connectivity index (χ0) is 41.1. The van der Waals surface area contributed by atoms with Gasteiger partial charge in [0.25, 0.3) is 0 Å². The number of nitrogens with zero attached hydrogens (tertiary/aromatic N) is 4. The van der Waals surface area contributed by atoms with Crippen LogP contribution in [0.4, 0.5) is 5.69 Å². The molecule has 0 aliphatic carbocycles. The van der Waals surface area contributed by atoms with Gasteiger partial charge in [-0.05, 0) is 71.8 Å². The molecule has 0 bridgehead atoms. The number of nitriles is 1. The molecular formula is C56H30N4O2. The molecule has 6 nitrogen and oxygen atoms in total. The van der Waals surface area contributed by atoms with E-state index in [4.69, 9.17) is 8.83 Å². The standard InChI is InChI=1S/C56H30N4O2/c1-58-54-53(34-27-29-51-42(31-34)40-19-7-13-25-49(40)62-51)55(59-44-20-8-2-14-35(44)36-15-3-9-21-45(36)59)43(32-57)52(33-26-28-50-41(30-33)39-18-6-12-24-48(39)61-50)56(54)60-46-22-10-4-16-37(46)38-17-5-11-23-47(38)60/h2-31H. The molecule has 9 aromatic carbocycles. The number of aromatic nitrogens is 2. The van der Waals surface area contributed by atoms with Gasteiger partial charge in [-0.25, -0.2) is 4.85 Å². The first-order chi connectivity index (χ1) is 30.7. The first kappa shape index (κ1) is 34.1. The van der Waals surface area contributed by atoms with Crippen molar-refractivity contribution in [3.63, 3.8) is 0 Å². The van der Waals surface area contributed by atoms with Gasteiger partial charge in [-0.15, -0.1) is 0 Å². The summed E-state index contributed by atoms with van der Waals surface area (Å²) >= 11 is 0. The highest BCUT2D eigenvalue weighted by atomic mass is 16.3. The van der Waals surface area contributed by atoms with Crippen molar-refractivity contribution in [1.29, 1.82) is 5.26 Å². The first-order valence-electron chi connectivity index (χ1n) is 20.5. The number of hydrogen-bond acceptors (Lipinski definition) is 3. The van der Waals surface area contributed by atoms with Gasteiger partial charge >= 0.3 is 0 Å². The molecule has 0 amide bonds. The van der Waals surface area contributed by atoms with Crippen LogP contribution in [0, 0.1) is 17.9 Å². The van der Waals surface area contributed by atoms with E-state index in [2.05, 4.69) is 117 Å². The molecule has 0 fully saturated rings. The first-order valence-corrected chi connectivity index (χ1v) is 20.5. The Morgan fingerprint density at radius 1 is 0.403 bits per heavy atom. The molecule has 0 aliphatic rings. The molecule has 6 heteroatoms. The number of benzene rings is 9. The summed E-state index contributed by atoms with van der Waals surface area (Å²) in [6.07, 6.45) is 0. The molecule has 0 atom stereocenters. The van der Waals surface area contributed by atoms with E-state index in [0.717, 1.165) is 98.6 Å². The van der Waals surface area contributed by atoms with Crippen molar-refractivity contribution < 1.29 is 8.83 Å². The maximum atomic E-state index is 12.0. The van der Waals surface area contributed by atoms with Crippen molar-refractivity contribution in [3.05, 3.63) is 199 Å². The van der Waals surface area contributed by atoms with E-state index in [1.807, 2.05) is 84.9 Å². The topological polar surface area (TPSA) is 64.3 Å². The van der Waals surface area contributed by atoms with E-state index in [9.17, 15) is 11.8 Å². The monoisotopic (exact) mass is 790 g/mol. The average molecular weight is 791 g/mol. The molecule has 0 spiro atoms. The molecular weight excluding hydrogens is 761 g/mol. The molecule has 0 radical (unpaired) electrons. The van der Waals surface area contributed by atoms with Crippen molar-refractivity contribution in [2.24, 2.45) is 0 Å². The molecule has 0 saturated heterocycles. The summed E-state index contributed by atoms with van der Waals surface area (Å²) in [5, 5.41) is 20.1. The van der Waals surface area contributed by atoms with Crippen LogP contribution in [-0.4, -0.2) is 9.13 Å². The lowest BCUT2D eigenvalue weighted by Crippen LogP contribution is -2.08. The number of para-hydroxylation sites is 6. The van der Waals surface area contributed by atoms with Gasteiger partial charge in [0.05, 0.1) is 45.6 Å². The van der Waals surface area contributed by atoms with Gasteiger partial charge in [0.15, 0.2) is 0 Å². The van der Waals surface area contributed by atoms with Crippen molar-refractivity contribution in [2.45, 2.75) is 0 Å². The second-order valence-electron chi connectivity index (χ2n) is 15.8. The summed E-state index contributed by atoms with van der Waals surface area (Å²) < 4.78 is 17.1. The van der Waals surface area contributed by atoms with Gasteiger partial charge in [-0.3, -0.25) is 0 Å². The second-order valence-corrected chi connectivity index (χ2v) is 15.8. The number of fused-ring (bicyclic) bond motifs is 12. The SMILES string of the molecule is [C-]#[N+]c1c(-c2ccc3oc4ccccc4c3c2)c(-n2c3ccccc3c3ccccc32)c(C#N)c(-c2ccc3oc4ccccc4c3c2)c1-n1c2ccccc2c2ccccc21. The Bertz CT molecular complexity index is 3770. The van der Waals surface area contributed by atoms with Gasteiger partial charge in [-0.1, -0.05) is 121 Å². The van der Waals surface area contributed by atoms with Crippen LogP contribution in [0.3, 0.4) is 0 Å². The fourth-order valence-electron chi connectivity index (χ4n) is 10.0. The highest BCUT2D eigenvalue weighted by molar-refractivity contribution is 6.16. The molecule has 0 N–H and O–H groups in total. The largest absolute Gasteiger partial charge is 0.456 e. The average Bonchev–Trinajstić information content (AvgIpc) is 4.08. The van der Waals surface area contributed by atoms with Crippen molar-refractivity contribution in [3.8, 4) is 39.7 Å². The van der Waals surface area contributed by atoms with Gasteiger partial charge < -0.3 is 18.0 Å². The Balaban J connectivity index is 1.30. The van der Waals surface area contributed by atoms with Crippen molar-refractivity contribution >= 4 is 93.2 Å². The quantitative estimate of drug-likeness (QED) is 0.167. The van der Waals surface area contributed by atoms with Gasteiger partial charge in [0, 0.05) is 54.2 Å². The highest BCUT2D eigenvalue weighted by Crippen LogP contribution is 2.53. The fraction of sp³-hybridized carbons (Fsp3) is 0. The summed E-state index contributed by atoms with van der Waals surface area (Å²) in [7, 11) is 0. The van der Waals surface area contributed by atoms with E-state index in [1.54, 1.807) is 0 Å². The van der Waals surface area contributed by atoms with Crippen LogP contribution in [0.25, 0.3) is 126 Å². The van der Waals surface area contributed by atoms with E-state index in [-0.39, 0.29) is 0 Å². The Kier molecular flexibility index (Phi) is 7.05. The Morgan fingerprint density at radius 3 is 1.21 bits per heavy atom. The van der Waals surface area contributed by atoms with Crippen LogP contribution in [0.15, 0.2) is 191 Å². The van der Waals surface area contributed by atoms with Gasteiger partial charge in [0.2, 0.25) is 5.69 Å². The van der Waals surface area contributed by atoms with Crippen LogP contribution < -0.4 is 0 Å². The number of furan rings is 2. The minimum atomic E-state index is 0.423. The maximum absolute atomic E-state index is 12.0. The van der Waals surface area contributed by atoms with Crippen LogP contribution in [0.5, 0.6) is 0 Å². The fourth-order valence-corrected chi connectivity index (χ4v) is 10.0. The summed E-state index contributed by atoms with van der Waals surface area (Å²) in [5.74, 6) is 0. The summed E-state index contributed by atoms with van der Waals surface area (Å²) in [5.41, 5.74) is 11.9. The van der Waals surface area contributed by atoms with Crippen molar-refractivity contribution in [2.75, 3.05) is 0 Å². The van der Waals surface area contributed by atoms with Gasteiger partial charge in [-0.2, -0.15) is 5.26 Å². The maximum Gasteiger partial charge on any atom is 0.221 e. The van der Waals surface area contributed by atoms with E-state index < -0.39 is 0 Å². The van der Waals surface area contributed by atoms with Crippen molar-refractivity contribution in [1.82, 2.24) is 9.13 Å². The predicted octanol–water partition coefficient (Wildman–Crippen LogP) is 15.4. The van der Waals surface area contributed by atoms with Crippen LogP contribution in [-0.2, 0) is 0 Å². The molecule has 0 unspecified atom stereocenters. The summed E-state index contributed by atoms with van der Waals surface area (Å²) in [6, 6.07) is 64.5. The molecule has 13 rings (SSSR count). The second kappa shape index (κ2) is 12.8. The molecule has 286 valence electrons. The molecule has 0 aliphatic heterocycles. The highest BCUT2D eigenvalue weighted by Gasteiger charge is 2.32. The summed E-state index contributed by atoms with van der Waals surface area (Å²) in [4.78, 5) is 4.61. The minimum Gasteiger partial charge on any atom is -0.456 e. The van der Waals surface area contributed by atoms with E-state index in [1.165, 1.54) is 0 Å². The molecule has 0 saturated carbocycles. The Hall–Kier alpha value is -8.84. The normalized spacial score (nSPS) is 11.8. The molecule has 4 heterocycles. The number of hydrogen-bond donors (Lipinski definition) is 0. The van der Waals surface area contributed by atoms with Crippen LogP contribution in [0.1, 0.15) is 5.56 Å². The zero-order valence-corrected chi connectivity index (χ0v) is 32.9. The van der Waals surface area contributed by atoms with Crippen LogP contribution >= 0.6 is 0 Å². The smallest absolute Gasteiger partial charge is 0.221 e. The third kappa shape index (κ3) is 4.61. The Labute approximate surface area is 353 Å². The molecule has 62 heavy (non-hydrogen) atoms. The molecule has 4 aromatic heterocycles. The van der Waals surface area contributed by atoms with Crippen LogP contribution in [0.2, 0.25) is 0 Å². The third-order valence-corrected chi connectivity index (χ3v) is 12.6. The molecule has 13 aromatic rings. The third-order valence-electron chi connectivity index (χ3n) is 12.6. The predicted molar refractivity (Wildman–Crippen MR) is 252 cm³/mol. The zero-order valence-electron chi connectivity index (χ0n) is 32.9. The van der Waals surface area contributed by atoms with Gasteiger partial charge in [0.1, 0.15) is 28.4 Å². The lowest BCUT2D eigenvalue weighted by atomic mass is 9.88. The van der Waals surface area contributed by atoms with E-state index >= 15 is 0 Å². The minimum absolute atomic E-state index is 0.423. The summed E-state index contributed by atoms with van der Waals surface area (Å²) in [6.45, 7) is 9.39.